The maximum Gasteiger partial charge on any atom is 0.123 e. The third-order valence-electron chi connectivity index (χ3n) is 2.78. The molecule has 0 atom stereocenters. The van der Waals surface area contributed by atoms with Gasteiger partial charge in [-0.15, -0.1) is 0 Å². The largest absolute Gasteiger partial charge is 0.489 e. The Morgan fingerprint density at radius 1 is 1.26 bits per heavy atom. The van der Waals surface area contributed by atoms with Crippen molar-refractivity contribution < 1.29 is 4.74 Å². The Morgan fingerprint density at radius 2 is 2.05 bits per heavy atom. The van der Waals surface area contributed by atoms with Crippen molar-refractivity contribution in [2.45, 2.75) is 13.5 Å². The Bertz CT molecular complexity index is 611. The quantitative estimate of drug-likeness (QED) is 0.668. The summed E-state index contributed by atoms with van der Waals surface area (Å²) in [5, 5.41) is 7.42. The maximum atomic E-state index is 7.42. The Kier molecular flexibility index (Phi) is 4.22. The van der Waals surface area contributed by atoms with Gasteiger partial charge in [0.2, 0.25) is 0 Å². The Balaban J connectivity index is 2.12. The molecule has 3 nitrogen and oxygen atoms in total. The average Bonchev–Trinajstić information content (AvgIpc) is 2.40. The van der Waals surface area contributed by atoms with Gasteiger partial charge < -0.3 is 10.5 Å². The number of nitrogens with one attached hydrogen (secondary N) is 1. The summed E-state index contributed by atoms with van der Waals surface area (Å²) in [7, 11) is 0. The van der Waals surface area contributed by atoms with Crippen LogP contribution < -0.4 is 10.5 Å². The molecule has 0 aliphatic rings. The fourth-order valence-corrected chi connectivity index (χ4v) is 2.06. The minimum absolute atomic E-state index is 0.0699. The summed E-state index contributed by atoms with van der Waals surface area (Å²) in [5.74, 6) is 0.920. The molecule has 2 rings (SSSR count). The lowest BCUT2D eigenvalue weighted by atomic mass is 10.1. The van der Waals surface area contributed by atoms with Crippen molar-refractivity contribution in [1.29, 1.82) is 5.41 Å². The smallest absolute Gasteiger partial charge is 0.123 e. The van der Waals surface area contributed by atoms with Crippen LogP contribution in [-0.4, -0.2) is 5.84 Å². The molecule has 0 aliphatic carbocycles. The lowest BCUT2D eigenvalue weighted by molar-refractivity contribution is 0.304. The third kappa shape index (κ3) is 3.58. The van der Waals surface area contributed by atoms with Crippen LogP contribution in [0.2, 0.25) is 0 Å². The van der Waals surface area contributed by atoms with E-state index in [0.717, 1.165) is 21.3 Å². The van der Waals surface area contributed by atoms with Crippen LogP contribution in [0.3, 0.4) is 0 Å². The van der Waals surface area contributed by atoms with Crippen LogP contribution in [0.1, 0.15) is 16.7 Å². The first-order valence-corrected chi connectivity index (χ1v) is 6.68. The summed E-state index contributed by atoms with van der Waals surface area (Å²) in [5.41, 5.74) is 8.27. The summed E-state index contributed by atoms with van der Waals surface area (Å²) in [6.45, 7) is 2.46. The van der Waals surface area contributed by atoms with Gasteiger partial charge in [0.15, 0.2) is 0 Å². The van der Waals surface area contributed by atoms with Gasteiger partial charge in [-0.25, -0.2) is 0 Å². The van der Waals surface area contributed by atoms with Gasteiger partial charge in [0, 0.05) is 10.0 Å². The SMILES string of the molecule is Cc1ccc(Br)cc1OCc1cccc(C(=N)N)c1. The number of rotatable bonds is 4. The van der Waals surface area contributed by atoms with Gasteiger partial charge in [0.1, 0.15) is 18.2 Å². The van der Waals surface area contributed by atoms with Crippen LogP contribution in [0.15, 0.2) is 46.9 Å². The first-order valence-electron chi connectivity index (χ1n) is 5.88. The van der Waals surface area contributed by atoms with Gasteiger partial charge in [0.05, 0.1) is 0 Å². The molecule has 0 heterocycles. The van der Waals surface area contributed by atoms with Crippen molar-refractivity contribution in [2.75, 3.05) is 0 Å². The van der Waals surface area contributed by atoms with E-state index in [4.69, 9.17) is 15.9 Å². The van der Waals surface area contributed by atoms with Gasteiger partial charge >= 0.3 is 0 Å². The molecule has 0 aliphatic heterocycles. The molecule has 0 fully saturated rings. The predicted octanol–water partition coefficient (Wildman–Crippen LogP) is 3.62. The summed E-state index contributed by atoms with van der Waals surface area (Å²) >= 11 is 3.43. The number of ether oxygens (including phenoxy) is 1. The highest BCUT2D eigenvalue weighted by atomic mass is 79.9. The van der Waals surface area contributed by atoms with Crippen molar-refractivity contribution in [3.05, 3.63) is 63.6 Å². The van der Waals surface area contributed by atoms with Gasteiger partial charge in [0.25, 0.3) is 0 Å². The Labute approximate surface area is 121 Å². The fraction of sp³-hybridized carbons (Fsp3) is 0.133. The van der Waals surface area contributed by atoms with Crippen molar-refractivity contribution in [3.63, 3.8) is 0 Å². The highest BCUT2D eigenvalue weighted by Gasteiger charge is 2.03. The molecule has 2 aromatic carbocycles. The molecule has 0 radical (unpaired) electrons. The summed E-state index contributed by atoms with van der Waals surface area (Å²) in [4.78, 5) is 0. The van der Waals surface area contributed by atoms with Crippen molar-refractivity contribution >= 4 is 21.8 Å². The average molecular weight is 319 g/mol. The summed E-state index contributed by atoms with van der Waals surface area (Å²) < 4.78 is 6.79. The van der Waals surface area contributed by atoms with Crippen LogP contribution in [0.25, 0.3) is 0 Å². The number of hydrogen-bond donors (Lipinski definition) is 2. The second-order valence-corrected chi connectivity index (χ2v) is 5.23. The molecule has 2 aromatic rings. The van der Waals surface area contributed by atoms with Crippen LogP contribution >= 0.6 is 15.9 Å². The molecule has 0 amide bonds. The molecular weight excluding hydrogens is 304 g/mol. The maximum absolute atomic E-state index is 7.42. The lowest BCUT2D eigenvalue weighted by Gasteiger charge is -2.10. The molecule has 4 heteroatoms. The molecule has 0 saturated heterocycles. The second kappa shape index (κ2) is 5.89. The highest BCUT2D eigenvalue weighted by molar-refractivity contribution is 9.10. The van der Waals surface area contributed by atoms with Gasteiger partial charge in [-0.1, -0.05) is 40.2 Å². The molecule has 0 bridgehead atoms. The normalized spacial score (nSPS) is 10.2. The number of benzene rings is 2. The van der Waals surface area contributed by atoms with Gasteiger partial charge in [-0.3, -0.25) is 5.41 Å². The predicted molar refractivity (Wildman–Crippen MR) is 80.7 cm³/mol. The van der Waals surface area contributed by atoms with Crippen molar-refractivity contribution in [3.8, 4) is 5.75 Å². The fourth-order valence-electron chi connectivity index (χ4n) is 1.72. The van der Waals surface area contributed by atoms with Crippen LogP contribution in [0, 0.1) is 12.3 Å². The lowest BCUT2D eigenvalue weighted by Crippen LogP contribution is -2.11. The van der Waals surface area contributed by atoms with E-state index >= 15 is 0 Å². The topological polar surface area (TPSA) is 59.1 Å². The zero-order chi connectivity index (χ0) is 13.8. The van der Waals surface area contributed by atoms with Gasteiger partial charge in [-0.05, 0) is 36.2 Å². The number of amidine groups is 1. The minimum Gasteiger partial charge on any atom is -0.489 e. The number of hydrogen-bond acceptors (Lipinski definition) is 2. The third-order valence-corrected chi connectivity index (χ3v) is 3.28. The summed E-state index contributed by atoms with van der Waals surface area (Å²) in [6.07, 6.45) is 0. The monoisotopic (exact) mass is 318 g/mol. The molecule has 0 unspecified atom stereocenters. The van der Waals surface area contributed by atoms with E-state index in [1.807, 2.05) is 49.4 Å². The first kappa shape index (κ1) is 13.6. The van der Waals surface area contributed by atoms with E-state index in [0.29, 0.717) is 12.2 Å². The van der Waals surface area contributed by atoms with E-state index in [-0.39, 0.29) is 5.84 Å². The first-order chi connectivity index (χ1) is 9.06. The Hall–Kier alpha value is -1.81. The molecule has 3 N–H and O–H groups in total. The van der Waals surface area contributed by atoms with Crippen LogP contribution in [0.5, 0.6) is 5.75 Å². The molecule has 98 valence electrons. The highest BCUT2D eigenvalue weighted by Crippen LogP contribution is 2.23. The van der Waals surface area contributed by atoms with E-state index in [1.54, 1.807) is 0 Å². The van der Waals surface area contributed by atoms with Crippen molar-refractivity contribution in [2.24, 2.45) is 5.73 Å². The number of halogens is 1. The van der Waals surface area contributed by atoms with Crippen molar-refractivity contribution in [1.82, 2.24) is 0 Å². The minimum atomic E-state index is 0.0699. The molecular formula is C15H15BrN2O. The number of nitrogen functional groups attached to an aromatic ring is 1. The molecule has 0 aromatic heterocycles. The van der Waals surface area contributed by atoms with E-state index in [1.165, 1.54) is 0 Å². The number of nitrogens with two attached hydrogens (primary N) is 1. The molecule has 0 spiro atoms. The van der Waals surface area contributed by atoms with Gasteiger partial charge in [-0.2, -0.15) is 0 Å². The molecule has 0 saturated carbocycles. The zero-order valence-corrected chi connectivity index (χ0v) is 12.2. The van der Waals surface area contributed by atoms with E-state index < -0.39 is 0 Å². The second-order valence-electron chi connectivity index (χ2n) is 4.31. The standard InChI is InChI=1S/C15H15BrN2O/c1-10-5-6-13(16)8-14(10)19-9-11-3-2-4-12(7-11)15(17)18/h2-8H,9H2,1H3,(H3,17,18). The van der Waals surface area contributed by atoms with E-state index in [2.05, 4.69) is 15.9 Å². The van der Waals surface area contributed by atoms with Crippen LogP contribution in [0.4, 0.5) is 0 Å². The molecule has 19 heavy (non-hydrogen) atoms. The zero-order valence-electron chi connectivity index (χ0n) is 10.6. The van der Waals surface area contributed by atoms with E-state index in [9.17, 15) is 0 Å². The number of aryl methyl sites for hydroxylation is 1. The Morgan fingerprint density at radius 3 is 2.79 bits per heavy atom. The van der Waals surface area contributed by atoms with Crippen LogP contribution in [-0.2, 0) is 6.61 Å². The summed E-state index contributed by atoms with van der Waals surface area (Å²) in [6, 6.07) is 13.5.